The van der Waals surface area contributed by atoms with Gasteiger partial charge in [-0.3, -0.25) is 4.79 Å². The average Bonchev–Trinajstić information content (AvgIpc) is 3.00. The van der Waals surface area contributed by atoms with Crippen molar-refractivity contribution in [1.29, 1.82) is 5.26 Å². The van der Waals surface area contributed by atoms with Crippen molar-refractivity contribution >= 4 is 44.4 Å². The number of carbonyl (C=O) groups excluding carboxylic acids is 1. The Morgan fingerprint density at radius 3 is 2.20 bits per heavy atom. The Balaban J connectivity index is 1.33. The predicted molar refractivity (Wildman–Crippen MR) is 167 cm³/mol. The van der Waals surface area contributed by atoms with E-state index in [9.17, 15) is 10.1 Å². The molecule has 0 fully saturated rings. The van der Waals surface area contributed by atoms with E-state index >= 15 is 0 Å². The van der Waals surface area contributed by atoms with E-state index in [1.54, 1.807) is 30.3 Å². The lowest BCUT2D eigenvalue weighted by Gasteiger charge is -2.13. The monoisotopic (exact) mass is 602 g/mol. The third kappa shape index (κ3) is 7.21. The number of aryl methyl sites for hydroxylation is 1. The molecule has 1 N–H and O–H groups in total. The molecular weight excluding hydrogens is 576 g/mol. The van der Waals surface area contributed by atoms with Crippen molar-refractivity contribution in [3.63, 3.8) is 0 Å². The molecule has 41 heavy (non-hydrogen) atoms. The summed E-state index contributed by atoms with van der Waals surface area (Å²) in [5, 5.41) is 14.6. The van der Waals surface area contributed by atoms with Crippen LogP contribution in [0.3, 0.4) is 0 Å². The minimum atomic E-state index is -0.506. The summed E-state index contributed by atoms with van der Waals surface area (Å²) in [6, 6.07) is 36.8. The number of ether oxygens (including phenoxy) is 2. The molecule has 0 aromatic heterocycles. The van der Waals surface area contributed by atoms with Gasteiger partial charge in [-0.15, -0.1) is 0 Å². The number of hydrogen-bond donors (Lipinski definition) is 1. The zero-order chi connectivity index (χ0) is 28.6. The highest BCUT2D eigenvalue weighted by Crippen LogP contribution is 2.31. The summed E-state index contributed by atoms with van der Waals surface area (Å²) in [7, 11) is 0. The fraction of sp³-hybridized carbons (Fsp3) is 0.0857. The molecule has 5 aromatic carbocycles. The number of hydrogen-bond acceptors (Lipinski definition) is 4. The number of rotatable bonds is 9. The van der Waals surface area contributed by atoms with Crippen molar-refractivity contribution < 1.29 is 14.3 Å². The Labute approximate surface area is 247 Å². The molecule has 0 aliphatic carbocycles. The van der Waals surface area contributed by atoms with E-state index in [1.807, 2.05) is 91.9 Å². The molecular formula is C35H27BrN2O3. The number of nitrogens with zero attached hydrogens (tertiary/aromatic N) is 1. The van der Waals surface area contributed by atoms with Crippen molar-refractivity contribution in [3.8, 4) is 17.6 Å². The molecule has 0 saturated carbocycles. The van der Waals surface area contributed by atoms with Gasteiger partial charge in [-0.1, -0.05) is 88.2 Å². The summed E-state index contributed by atoms with van der Waals surface area (Å²) >= 11 is 3.43. The number of amides is 1. The summed E-state index contributed by atoms with van der Waals surface area (Å²) in [5.74, 6) is 0.763. The number of nitriles is 1. The highest BCUT2D eigenvalue weighted by molar-refractivity contribution is 9.10. The van der Waals surface area contributed by atoms with Crippen LogP contribution >= 0.6 is 15.9 Å². The molecule has 0 bridgehead atoms. The van der Waals surface area contributed by atoms with Gasteiger partial charge in [-0.2, -0.15) is 5.26 Å². The van der Waals surface area contributed by atoms with Crippen LogP contribution in [0.2, 0.25) is 0 Å². The van der Waals surface area contributed by atoms with Crippen LogP contribution in [0, 0.1) is 18.3 Å². The number of halogens is 1. The largest absolute Gasteiger partial charge is 0.489 e. The number of fused-ring (bicyclic) bond motifs is 1. The molecule has 5 nitrogen and oxygen atoms in total. The van der Waals surface area contributed by atoms with Crippen LogP contribution in [0.15, 0.2) is 119 Å². The van der Waals surface area contributed by atoms with Crippen molar-refractivity contribution in [2.75, 3.05) is 5.32 Å². The maximum atomic E-state index is 13.2. The minimum Gasteiger partial charge on any atom is -0.489 e. The number of carbonyl (C=O) groups is 1. The molecule has 0 unspecified atom stereocenters. The lowest BCUT2D eigenvalue weighted by Crippen LogP contribution is -2.13. The lowest BCUT2D eigenvalue weighted by atomic mass is 10.0. The Kier molecular flexibility index (Phi) is 8.78. The third-order valence-electron chi connectivity index (χ3n) is 6.53. The minimum absolute atomic E-state index is 0.0305. The maximum absolute atomic E-state index is 13.2. The first-order valence-corrected chi connectivity index (χ1v) is 13.9. The molecule has 1 amide bonds. The molecule has 0 spiro atoms. The molecule has 0 aliphatic rings. The molecule has 0 aliphatic heterocycles. The summed E-state index contributed by atoms with van der Waals surface area (Å²) in [4.78, 5) is 13.2. The van der Waals surface area contributed by atoms with Gasteiger partial charge in [0.2, 0.25) is 0 Å². The Bertz CT molecular complexity index is 1740. The first-order chi connectivity index (χ1) is 20.0. The van der Waals surface area contributed by atoms with Gasteiger partial charge >= 0.3 is 0 Å². The van der Waals surface area contributed by atoms with Crippen LogP contribution in [0.5, 0.6) is 11.5 Å². The highest BCUT2D eigenvalue weighted by atomic mass is 79.9. The second-order valence-electron chi connectivity index (χ2n) is 9.54. The van der Waals surface area contributed by atoms with Gasteiger partial charge in [0.1, 0.15) is 36.4 Å². The van der Waals surface area contributed by atoms with Crippen LogP contribution in [0.1, 0.15) is 22.3 Å². The van der Waals surface area contributed by atoms with E-state index in [4.69, 9.17) is 9.47 Å². The maximum Gasteiger partial charge on any atom is 0.266 e. The van der Waals surface area contributed by atoms with Crippen LogP contribution in [-0.4, -0.2) is 5.91 Å². The first-order valence-electron chi connectivity index (χ1n) is 13.1. The van der Waals surface area contributed by atoms with Gasteiger partial charge in [0.05, 0.1) is 0 Å². The van der Waals surface area contributed by atoms with Crippen LogP contribution in [-0.2, 0) is 18.0 Å². The van der Waals surface area contributed by atoms with E-state index in [-0.39, 0.29) is 5.57 Å². The smallest absolute Gasteiger partial charge is 0.266 e. The molecule has 6 heteroatoms. The second-order valence-corrected chi connectivity index (χ2v) is 10.5. The van der Waals surface area contributed by atoms with Crippen molar-refractivity contribution in [2.45, 2.75) is 20.1 Å². The fourth-order valence-electron chi connectivity index (χ4n) is 4.27. The van der Waals surface area contributed by atoms with Gasteiger partial charge in [0, 0.05) is 15.7 Å². The van der Waals surface area contributed by atoms with Gasteiger partial charge in [0.15, 0.2) is 0 Å². The van der Waals surface area contributed by atoms with Crippen LogP contribution < -0.4 is 14.8 Å². The molecule has 5 aromatic rings. The predicted octanol–water partition coefficient (Wildman–Crippen LogP) is 8.61. The van der Waals surface area contributed by atoms with E-state index in [0.717, 1.165) is 26.4 Å². The van der Waals surface area contributed by atoms with Crippen molar-refractivity contribution in [3.05, 3.63) is 141 Å². The zero-order valence-electron chi connectivity index (χ0n) is 22.4. The summed E-state index contributed by atoms with van der Waals surface area (Å²) in [5.41, 5.74) is 4.46. The fourth-order valence-corrected chi connectivity index (χ4v) is 4.53. The molecule has 5 rings (SSSR count). The molecule has 0 heterocycles. The third-order valence-corrected chi connectivity index (χ3v) is 7.06. The molecule has 202 valence electrons. The second kappa shape index (κ2) is 13.0. The summed E-state index contributed by atoms with van der Waals surface area (Å²) in [6.07, 6.45) is 1.60. The van der Waals surface area contributed by atoms with Gasteiger partial charge in [-0.05, 0) is 77.4 Å². The Morgan fingerprint density at radius 1 is 0.829 bits per heavy atom. The Hall–Kier alpha value is -4.86. The van der Waals surface area contributed by atoms with Crippen LogP contribution in [0.4, 0.5) is 5.69 Å². The topological polar surface area (TPSA) is 71.3 Å². The summed E-state index contributed by atoms with van der Waals surface area (Å²) < 4.78 is 13.0. The van der Waals surface area contributed by atoms with Crippen molar-refractivity contribution in [2.24, 2.45) is 0 Å². The first kappa shape index (κ1) is 27.7. The summed E-state index contributed by atoms with van der Waals surface area (Å²) in [6.45, 7) is 2.84. The average molecular weight is 604 g/mol. The van der Waals surface area contributed by atoms with Gasteiger partial charge in [-0.25, -0.2) is 0 Å². The van der Waals surface area contributed by atoms with E-state index in [1.165, 1.54) is 5.56 Å². The SMILES string of the molecule is Cc1ccc(COc2ccc3ccccc3c2/C=C(\C#N)C(=O)Nc2ccc(OCc3ccc(Br)cc3)cc2)cc1. The highest BCUT2D eigenvalue weighted by Gasteiger charge is 2.14. The molecule has 0 saturated heterocycles. The molecule has 0 radical (unpaired) electrons. The van der Waals surface area contributed by atoms with Gasteiger partial charge < -0.3 is 14.8 Å². The van der Waals surface area contributed by atoms with Gasteiger partial charge in [0.25, 0.3) is 5.91 Å². The zero-order valence-corrected chi connectivity index (χ0v) is 24.0. The Morgan fingerprint density at radius 2 is 1.49 bits per heavy atom. The standard InChI is InChI=1S/C35H27BrN2O3/c1-24-6-8-25(9-7-24)23-41-34-19-12-27-4-2-3-5-32(27)33(34)20-28(21-37)35(39)38-30-15-17-31(18-16-30)40-22-26-10-13-29(36)14-11-26/h2-20H,22-23H2,1H3,(H,38,39)/b28-20+. The lowest BCUT2D eigenvalue weighted by molar-refractivity contribution is -0.112. The quantitative estimate of drug-likeness (QED) is 0.135. The number of anilines is 1. The normalized spacial score (nSPS) is 11.1. The molecule has 0 atom stereocenters. The number of nitrogens with one attached hydrogen (secondary N) is 1. The number of benzene rings is 5. The van der Waals surface area contributed by atoms with E-state index in [2.05, 4.69) is 27.3 Å². The van der Waals surface area contributed by atoms with Crippen LogP contribution in [0.25, 0.3) is 16.8 Å². The van der Waals surface area contributed by atoms with Crippen molar-refractivity contribution in [1.82, 2.24) is 0 Å². The van der Waals surface area contributed by atoms with E-state index < -0.39 is 5.91 Å². The van der Waals surface area contributed by atoms with E-state index in [0.29, 0.717) is 36.0 Å².